The summed E-state index contributed by atoms with van der Waals surface area (Å²) in [6.45, 7) is 5.47. The van der Waals surface area contributed by atoms with E-state index in [2.05, 4.69) is 10.0 Å². The van der Waals surface area contributed by atoms with Crippen LogP contribution in [-0.2, 0) is 14.8 Å². The van der Waals surface area contributed by atoms with Crippen molar-refractivity contribution in [3.8, 4) is 0 Å². The fraction of sp³-hybridized carbons (Fsp3) is 1.00. The van der Waals surface area contributed by atoms with Crippen LogP contribution in [0.4, 0.5) is 0 Å². The van der Waals surface area contributed by atoms with Gasteiger partial charge in [-0.15, -0.1) is 0 Å². The van der Waals surface area contributed by atoms with Crippen LogP contribution in [-0.4, -0.2) is 46.5 Å². The van der Waals surface area contributed by atoms with E-state index >= 15 is 0 Å². The number of ether oxygens (including phenoxy) is 1. The van der Waals surface area contributed by atoms with Crippen LogP contribution in [0, 0.1) is 5.92 Å². The summed E-state index contributed by atoms with van der Waals surface area (Å²) in [6.07, 6.45) is 0.935. The minimum absolute atomic E-state index is 0.0493. The molecule has 1 rings (SSSR count). The van der Waals surface area contributed by atoms with Crippen molar-refractivity contribution in [1.82, 2.24) is 10.0 Å². The first kappa shape index (κ1) is 13.9. The van der Waals surface area contributed by atoms with Gasteiger partial charge in [-0.3, -0.25) is 0 Å². The SMILES string of the molecule is CNCC(C)S(=O)(=O)NC(C)C1CCOC1. The second-order valence-corrected chi connectivity index (χ2v) is 6.57. The average Bonchev–Trinajstić information content (AvgIpc) is 2.70. The zero-order chi connectivity index (χ0) is 12.2. The first-order valence-electron chi connectivity index (χ1n) is 5.71. The standard InChI is InChI=1S/C10H22N2O3S/c1-8(6-11-3)16(13,14)12-9(2)10-4-5-15-7-10/h8-12H,4-7H2,1-3H3. The van der Waals surface area contributed by atoms with Crippen molar-refractivity contribution in [2.45, 2.75) is 31.6 Å². The van der Waals surface area contributed by atoms with Crippen molar-refractivity contribution in [3.05, 3.63) is 0 Å². The maximum absolute atomic E-state index is 11.9. The number of hydrogen-bond donors (Lipinski definition) is 2. The van der Waals surface area contributed by atoms with Crippen LogP contribution in [0.2, 0.25) is 0 Å². The molecule has 0 aromatic heterocycles. The van der Waals surface area contributed by atoms with Crippen molar-refractivity contribution in [1.29, 1.82) is 0 Å². The Morgan fingerprint density at radius 3 is 2.62 bits per heavy atom. The van der Waals surface area contributed by atoms with Gasteiger partial charge in [0.2, 0.25) is 10.0 Å². The molecule has 3 unspecified atom stereocenters. The monoisotopic (exact) mass is 250 g/mol. The quantitative estimate of drug-likeness (QED) is 0.693. The second kappa shape index (κ2) is 5.95. The van der Waals surface area contributed by atoms with Crippen LogP contribution >= 0.6 is 0 Å². The normalized spacial score (nSPS) is 25.6. The molecule has 6 heteroatoms. The molecule has 1 fully saturated rings. The molecule has 0 bridgehead atoms. The molecule has 5 nitrogen and oxygen atoms in total. The minimum Gasteiger partial charge on any atom is -0.381 e. The third kappa shape index (κ3) is 3.69. The fourth-order valence-electron chi connectivity index (χ4n) is 1.82. The van der Waals surface area contributed by atoms with Gasteiger partial charge >= 0.3 is 0 Å². The first-order chi connectivity index (χ1) is 7.47. The second-order valence-electron chi connectivity index (χ2n) is 4.44. The predicted molar refractivity (Wildman–Crippen MR) is 63.8 cm³/mol. The summed E-state index contributed by atoms with van der Waals surface area (Å²) in [5.74, 6) is 0.302. The Morgan fingerprint density at radius 1 is 1.44 bits per heavy atom. The summed E-state index contributed by atoms with van der Waals surface area (Å²) in [5, 5.41) is 2.46. The summed E-state index contributed by atoms with van der Waals surface area (Å²) in [4.78, 5) is 0. The molecule has 0 amide bonds. The molecule has 1 aliphatic rings. The summed E-state index contributed by atoms with van der Waals surface area (Å²) < 4.78 is 31.8. The Bertz CT molecular complexity index is 299. The minimum atomic E-state index is -3.23. The number of sulfonamides is 1. The fourth-order valence-corrected chi connectivity index (χ4v) is 3.14. The summed E-state index contributed by atoms with van der Waals surface area (Å²) >= 11 is 0. The van der Waals surface area contributed by atoms with E-state index in [-0.39, 0.29) is 6.04 Å². The average molecular weight is 250 g/mol. The number of rotatable bonds is 6. The highest BCUT2D eigenvalue weighted by atomic mass is 32.2. The van der Waals surface area contributed by atoms with E-state index in [4.69, 9.17) is 4.74 Å². The van der Waals surface area contributed by atoms with E-state index < -0.39 is 15.3 Å². The maximum atomic E-state index is 11.9. The van der Waals surface area contributed by atoms with Gasteiger partial charge in [-0.1, -0.05) is 0 Å². The molecular formula is C10H22N2O3S. The predicted octanol–water partition coefficient (Wildman–Crippen LogP) is -0.0613. The lowest BCUT2D eigenvalue weighted by Gasteiger charge is -2.21. The molecule has 1 heterocycles. The van der Waals surface area contributed by atoms with Gasteiger partial charge in [0.25, 0.3) is 0 Å². The molecule has 0 aliphatic carbocycles. The lowest BCUT2D eigenvalue weighted by atomic mass is 10.0. The first-order valence-corrected chi connectivity index (χ1v) is 7.25. The van der Waals surface area contributed by atoms with E-state index in [0.29, 0.717) is 19.1 Å². The van der Waals surface area contributed by atoms with Gasteiger partial charge in [0.1, 0.15) is 0 Å². The Morgan fingerprint density at radius 2 is 2.12 bits per heavy atom. The third-order valence-electron chi connectivity index (χ3n) is 3.04. The lowest BCUT2D eigenvalue weighted by Crippen LogP contribution is -2.45. The molecule has 0 saturated carbocycles. The van der Waals surface area contributed by atoms with Crippen molar-refractivity contribution < 1.29 is 13.2 Å². The highest BCUT2D eigenvalue weighted by Gasteiger charge is 2.28. The summed E-state index contributed by atoms with van der Waals surface area (Å²) in [7, 11) is -1.48. The molecule has 0 aromatic carbocycles. The highest BCUT2D eigenvalue weighted by Crippen LogP contribution is 2.17. The van der Waals surface area contributed by atoms with Crippen LogP contribution in [0.5, 0.6) is 0 Å². The Balaban J connectivity index is 2.50. The number of nitrogens with one attached hydrogen (secondary N) is 2. The van der Waals surface area contributed by atoms with Crippen molar-refractivity contribution in [2.24, 2.45) is 5.92 Å². The molecule has 3 atom stereocenters. The molecular weight excluding hydrogens is 228 g/mol. The molecule has 96 valence electrons. The van der Waals surface area contributed by atoms with Crippen molar-refractivity contribution in [3.63, 3.8) is 0 Å². The van der Waals surface area contributed by atoms with Gasteiger partial charge < -0.3 is 10.1 Å². The maximum Gasteiger partial charge on any atom is 0.215 e. The molecule has 0 aromatic rings. The highest BCUT2D eigenvalue weighted by molar-refractivity contribution is 7.90. The van der Waals surface area contributed by atoms with Crippen LogP contribution < -0.4 is 10.0 Å². The molecule has 1 saturated heterocycles. The molecule has 0 radical (unpaired) electrons. The summed E-state index contributed by atoms with van der Waals surface area (Å²) in [6, 6.07) is -0.0493. The third-order valence-corrected chi connectivity index (χ3v) is 4.97. The Hall–Kier alpha value is -0.170. The number of hydrogen-bond acceptors (Lipinski definition) is 4. The van der Waals surface area contributed by atoms with E-state index in [1.54, 1.807) is 14.0 Å². The van der Waals surface area contributed by atoms with Crippen molar-refractivity contribution in [2.75, 3.05) is 26.8 Å². The molecule has 0 spiro atoms. The van der Waals surface area contributed by atoms with Gasteiger partial charge in [0.05, 0.1) is 11.9 Å². The van der Waals surface area contributed by atoms with E-state index in [9.17, 15) is 8.42 Å². The van der Waals surface area contributed by atoms with Gasteiger partial charge in [0, 0.05) is 25.1 Å². The van der Waals surface area contributed by atoms with Gasteiger partial charge in [-0.2, -0.15) is 0 Å². The van der Waals surface area contributed by atoms with E-state index in [0.717, 1.165) is 13.0 Å². The topological polar surface area (TPSA) is 67.4 Å². The van der Waals surface area contributed by atoms with E-state index in [1.165, 1.54) is 0 Å². The van der Waals surface area contributed by atoms with Crippen LogP contribution in [0.15, 0.2) is 0 Å². The van der Waals surface area contributed by atoms with Crippen LogP contribution in [0.3, 0.4) is 0 Å². The van der Waals surface area contributed by atoms with E-state index in [1.807, 2.05) is 6.92 Å². The Kier molecular flexibility index (Phi) is 5.17. The molecule has 2 N–H and O–H groups in total. The smallest absolute Gasteiger partial charge is 0.215 e. The largest absolute Gasteiger partial charge is 0.381 e. The van der Waals surface area contributed by atoms with Crippen molar-refractivity contribution >= 4 is 10.0 Å². The summed E-state index contributed by atoms with van der Waals surface area (Å²) in [5.41, 5.74) is 0. The lowest BCUT2D eigenvalue weighted by molar-refractivity contribution is 0.180. The van der Waals surface area contributed by atoms with Crippen LogP contribution in [0.1, 0.15) is 20.3 Å². The van der Waals surface area contributed by atoms with Crippen LogP contribution in [0.25, 0.3) is 0 Å². The molecule has 16 heavy (non-hydrogen) atoms. The van der Waals surface area contributed by atoms with Gasteiger partial charge in [0.15, 0.2) is 0 Å². The molecule has 1 aliphatic heterocycles. The Labute approximate surface area is 98.0 Å². The zero-order valence-corrected chi connectivity index (χ0v) is 11.0. The van der Waals surface area contributed by atoms with Gasteiger partial charge in [-0.05, 0) is 27.3 Å². The van der Waals surface area contributed by atoms with Gasteiger partial charge in [-0.25, -0.2) is 13.1 Å². The zero-order valence-electron chi connectivity index (χ0n) is 10.2.